The third kappa shape index (κ3) is 4.47. The maximum atomic E-state index is 13.1. The van der Waals surface area contributed by atoms with Crippen LogP contribution < -0.4 is 14.8 Å². The van der Waals surface area contributed by atoms with E-state index in [9.17, 15) is 23.1 Å². The summed E-state index contributed by atoms with van der Waals surface area (Å²) >= 11 is 1.33. The number of nitrogens with two attached hydrogens (primary N) is 1. The van der Waals surface area contributed by atoms with Gasteiger partial charge in [-0.1, -0.05) is 6.07 Å². The van der Waals surface area contributed by atoms with Gasteiger partial charge < -0.3 is 9.84 Å². The van der Waals surface area contributed by atoms with Crippen molar-refractivity contribution in [2.45, 2.75) is 30.9 Å². The van der Waals surface area contributed by atoms with Gasteiger partial charge in [0.2, 0.25) is 10.0 Å². The highest BCUT2D eigenvalue weighted by atomic mass is 32.2. The second-order valence-electron chi connectivity index (χ2n) is 7.91. The van der Waals surface area contributed by atoms with Crippen LogP contribution in [0.15, 0.2) is 76.5 Å². The van der Waals surface area contributed by atoms with Crippen molar-refractivity contribution < 1.29 is 27.9 Å². The molecule has 3 aromatic rings. The number of amides is 1. The van der Waals surface area contributed by atoms with Gasteiger partial charge in [0.05, 0.1) is 16.6 Å². The van der Waals surface area contributed by atoms with Gasteiger partial charge in [0.15, 0.2) is 0 Å². The fourth-order valence-electron chi connectivity index (χ4n) is 3.73. The number of ether oxygens (including phenoxy) is 1. The van der Waals surface area contributed by atoms with Crippen LogP contribution in [0.1, 0.15) is 30.3 Å². The van der Waals surface area contributed by atoms with Gasteiger partial charge in [-0.3, -0.25) is 14.5 Å². The molecule has 1 aliphatic rings. The number of hydrogen-bond donors (Lipinski definition) is 2. The molecular formula is C24H22N2O6S2. The summed E-state index contributed by atoms with van der Waals surface area (Å²) in [6.07, 6.45) is -0.0238. The van der Waals surface area contributed by atoms with E-state index in [1.807, 2.05) is 13.8 Å². The van der Waals surface area contributed by atoms with Crippen molar-refractivity contribution in [1.29, 1.82) is 0 Å². The zero-order chi connectivity index (χ0) is 24.6. The Bertz CT molecular complexity index is 1360. The van der Waals surface area contributed by atoms with Crippen molar-refractivity contribution in [2.75, 3.05) is 4.90 Å². The van der Waals surface area contributed by atoms with Crippen molar-refractivity contribution in [3.05, 3.63) is 82.1 Å². The molecule has 0 bridgehead atoms. The molecule has 1 saturated heterocycles. The van der Waals surface area contributed by atoms with Crippen LogP contribution in [0.4, 0.5) is 5.69 Å². The van der Waals surface area contributed by atoms with E-state index in [0.29, 0.717) is 21.9 Å². The second kappa shape index (κ2) is 9.05. The highest BCUT2D eigenvalue weighted by molar-refractivity contribution is 7.89. The van der Waals surface area contributed by atoms with E-state index in [1.165, 1.54) is 40.5 Å². The fraction of sp³-hybridized carbons (Fsp3) is 0.167. The first-order valence-corrected chi connectivity index (χ1v) is 12.7. The molecule has 176 valence electrons. The first-order chi connectivity index (χ1) is 16.1. The van der Waals surface area contributed by atoms with Crippen molar-refractivity contribution in [3.63, 3.8) is 0 Å². The van der Waals surface area contributed by atoms with Crippen molar-refractivity contribution in [3.8, 4) is 5.75 Å². The van der Waals surface area contributed by atoms with E-state index in [4.69, 9.17) is 9.88 Å². The van der Waals surface area contributed by atoms with E-state index in [0.717, 1.165) is 0 Å². The van der Waals surface area contributed by atoms with E-state index < -0.39 is 27.8 Å². The molecule has 0 saturated carbocycles. The summed E-state index contributed by atoms with van der Waals surface area (Å²) in [6.45, 7) is 3.79. The Hall–Kier alpha value is -3.47. The highest BCUT2D eigenvalue weighted by Gasteiger charge is 2.47. The molecule has 1 fully saturated rings. The average Bonchev–Trinajstić information content (AvgIpc) is 3.40. The maximum absolute atomic E-state index is 13.1. The molecular weight excluding hydrogens is 476 g/mol. The lowest BCUT2D eigenvalue weighted by molar-refractivity contribution is -0.132. The number of rotatable bonds is 6. The molecule has 2 aromatic carbocycles. The Kier molecular flexibility index (Phi) is 6.30. The second-order valence-corrected chi connectivity index (χ2v) is 10.5. The lowest BCUT2D eigenvalue weighted by atomic mass is 9.99. The van der Waals surface area contributed by atoms with Crippen LogP contribution in [0.2, 0.25) is 0 Å². The lowest BCUT2D eigenvalue weighted by Gasteiger charge is -2.24. The zero-order valence-corrected chi connectivity index (χ0v) is 20.0. The fourth-order valence-corrected chi connectivity index (χ4v) is 5.07. The minimum Gasteiger partial charge on any atom is -0.507 e. The highest BCUT2D eigenvalue weighted by Crippen LogP contribution is 2.43. The number of aliphatic hydroxyl groups is 1. The van der Waals surface area contributed by atoms with Crippen LogP contribution in [-0.2, 0) is 19.6 Å². The molecule has 2 heterocycles. The van der Waals surface area contributed by atoms with Crippen molar-refractivity contribution >= 4 is 44.5 Å². The summed E-state index contributed by atoms with van der Waals surface area (Å²) in [4.78, 5) is 28.0. The molecule has 1 aromatic heterocycles. The summed E-state index contributed by atoms with van der Waals surface area (Å²) in [7, 11) is -3.92. The Morgan fingerprint density at radius 1 is 1.06 bits per heavy atom. The molecule has 8 nitrogen and oxygen atoms in total. The minimum absolute atomic E-state index is 0.0238. The summed E-state index contributed by atoms with van der Waals surface area (Å²) in [6, 6.07) is 14.6. The number of nitrogens with zero attached hydrogens (tertiary/aromatic N) is 1. The van der Waals surface area contributed by atoms with Crippen molar-refractivity contribution in [2.24, 2.45) is 5.14 Å². The molecule has 1 amide bonds. The number of thiophene rings is 1. The monoisotopic (exact) mass is 498 g/mol. The van der Waals surface area contributed by atoms with E-state index >= 15 is 0 Å². The van der Waals surface area contributed by atoms with Crippen LogP contribution in [0.5, 0.6) is 5.75 Å². The first kappa shape index (κ1) is 23.7. The number of carbonyl (C=O) groups is 2. The molecule has 1 atom stereocenters. The summed E-state index contributed by atoms with van der Waals surface area (Å²) in [5.74, 6) is -1.37. The summed E-state index contributed by atoms with van der Waals surface area (Å²) < 4.78 is 28.8. The van der Waals surface area contributed by atoms with Gasteiger partial charge in [-0.25, -0.2) is 13.6 Å². The summed E-state index contributed by atoms with van der Waals surface area (Å²) in [5, 5.41) is 18.1. The number of benzene rings is 2. The number of anilines is 1. The van der Waals surface area contributed by atoms with Gasteiger partial charge in [-0.2, -0.15) is 0 Å². The van der Waals surface area contributed by atoms with Gasteiger partial charge in [-0.05, 0) is 73.8 Å². The van der Waals surface area contributed by atoms with Crippen LogP contribution >= 0.6 is 11.3 Å². The third-order valence-corrected chi connectivity index (χ3v) is 7.05. The predicted octanol–water partition coefficient (Wildman–Crippen LogP) is 3.81. The smallest absolute Gasteiger partial charge is 0.300 e. The van der Waals surface area contributed by atoms with Crippen molar-refractivity contribution in [1.82, 2.24) is 0 Å². The van der Waals surface area contributed by atoms with Gasteiger partial charge >= 0.3 is 0 Å². The van der Waals surface area contributed by atoms with Crippen LogP contribution in [0, 0.1) is 0 Å². The van der Waals surface area contributed by atoms with Crippen LogP contribution in [-0.4, -0.2) is 31.3 Å². The normalized spacial score (nSPS) is 18.0. The Morgan fingerprint density at radius 3 is 2.24 bits per heavy atom. The number of Topliss-reactive ketones (excluding diaryl/α,β-unsaturated/α-hetero) is 1. The molecule has 1 aliphatic heterocycles. The maximum Gasteiger partial charge on any atom is 0.300 e. The van der Waals surface area contributed by atoms with Gasteiger partial charge in [-0.15, -0.1) is 11.3 Å². The number of ketones is 1. The molecule has 1 unspecified atom stereocenters. The lowest BCUT2D eigenvalue weighted by Crippen LogP contribution is -2.29. The minimum atomic E-state index is -3.92. The van der Waals surface area contributed by atoms with E-state index in [-0.39, 0.29) is 22.3 Å². The molecule has 0 radical (unpaired) electrons. The number of primary sulfonamides is 1. The number of aliphatic hydroxyl groups excluding tert-OH is 1. The van der Waals surface area contributed by atoms with Crippen LogP contribution in [0.3, 0.4) is 0 Å². The Morgan fingerprint density at radius 2 is 1.71 bits per heavy atom. The number of hydrogen-bond acceptors (Lipinski definition) is 7. The van der Waals surface area contributed by atoms with Gasteiger partial charge in [0, 0.05) is 16.1 Å². The molecule has 0 spiro atoms. The van der Waals surface area contributed by atoms with Gasteiger partial charge in [0.25, 0.3) is 11.7 Å². The molecule has 0 aliphatic carbocycles. The van der Waals surface area contributed by atoms with E-state index in [1.54, 1.807) is 41.8 Å². The Balaban J connectivity index is 1.81. The molecule has 34 heavy (non-hydrogen) atoms. The van der Waals surface area contributed by atoms with Crippen LogP contribution in [0.25, 0.3) is 5.76 Å². The first-order valence-electron chi connectivity index (χ1n) is 10.3. The third-order valence-electron chi connectivity index (χ3n) is 5.20. The largest absolute Gasteiger partial charge is 0.507 e. The predicted molar refractivity (Wildman–Crippen MR) is 129 cm³/mol. The number of carbonyl (C=O) groups excluding carboxylic acids is 2. The van der Waals surface area contributed by atoms with Gasteiger partial charge in [0.1, 0.15) is 17.6 Å². The SMILES string of the molecule is CC(C)Oc1ccc(/C(O)=C2/C(=O)C(=O)N(c3ccc(S(N)(=O)=O)cc3)C2c2cccs2)cc1. The standard InChI is InChI=1S/C24H22N2O6S2/c1-14(2)32-17-9-5-15(6-10-17)22(27)20-21(19-4-3-13-33-19)26(24(29)23(20)28)16-7-11-18(12-8-16)34(25,30)31/h3-14,21,27H,1-2H3,(H2,25,30,31)/b22-20-. The zero-order valence-electron chi connectivity index (χ0n) is 18.3. The van der Waals surface area contributed by atoms with E-state index in [2.05, 4.69) is 0 Å². The molecule has 3 N–H and O–H groups in total. The summed E-state index contributed by atoms with van der Waals surface area (Å²) in [5.41, 5.74) is 0.605. The average molecular weight is 499 g/mol. The Labute approximate surface area is 201 Å². The quantitative estimate of drug-likeness (QED) is 0.302. The molecule has 10 heteroatoms. The topological polar surface area (TPSA) is 127 Å². The molecule has 4 rings (SSSR count). The number of sulfonamides is 1.